The Hall–Kier alpha value is -1.36. The standard InChI is InChI=1S/C10H12BrN3O3/c1-2-3-14-10(17)9(11)8(4-12-14)13-7(5-15)6-16/h1,4,7,13,15-16H,3,5-6H2. The van der Waals surface area contributed by atoms with Crippen LogP contribution in [0, 0.1) is 12.3 Å². The van der Waals surface area contributed by atoms with Crippen molar-refractivity contribution in [3.05, 3.63) is 21.0 Å². The lowest BCUT2D eigenvalue weighted by Crippen LogP contribution is -2.30. The summed E-state index contributed by atoms with van der Waals surface area (Å²) in [6, 6.07) is -0.545. The zero-order valence-electron chi connectivity index (χ0n) is 8.93. The number of anilines is 1. The maximum atomic E-state index is 11.7. The molecule has 92 valence electrons. The molecule has 0 aliphatic rings. The van der Waals surface area contributed by atoms with E-state index in [9.17, 15) is 4.79 Å². The van der Waals surface area contributed by atoms with Crippen LogP contribution in [0.15, 0.2) is 15.5 Å². The summed E-state index contributed by atoms with van der Waals surface area (Å²) in [5.41, 5.74) is 0.0268. The summed E-state index contributed by atoms with van der Waals surface area (Å²) in [4.78, 5) is 11.7. The lowest BCUT2D eigenvalue weighted by molar-refractivity contribution is 0.204. The molecule has 17 heavy (non-hydrogen) atoms. The van der Waals surface area contributed by atoms with Crippen molar-refractivity contribution in [3.63, 3.8) is 0 Å². The van der Waals surface area contributed by atoms with E-state index in [0.717, 1.165) is 4.68 Å². The summed E-state index contributed by atoms with van der Waals surface area (Å²) in [6.45, 7) is -0.423. The Bertz CT molecular complexity index is 477. The maximum Gasteiger partial charge on any atom is 0.284 e. The fraction of sp³-hybridized carbons (Fsp3) is 0.400. The molecule has 3 N–H and O–H groups in total. The van der Waals surface area contributed by atoms with Gasteiger partial charge in [0.15, 0.2) is 0 Å². The molecule has 0 fully saturated rings. The lowest BCUT2D eigenvalue weighted by Gasteiger charge is -2.15. The highest BCUT2D eigenvalue weighted by molar-refractivity contribution is 9.10. The van der Waals surface area contributed by atoms with Crippen molar-refractivity contribution < 1.29 is 10.2 Å². The van der Waals surface area contributed by atoms with Gasteiger partial charge in [0.1, 0.15) is 11.0 Å². The molecular weight excluding hydrogens is 290 g/mol. The molecule has 0 amide bonds. The molecule has 0 spiro atoms. The quantitative estimate of drug-likeness (QED) is 0.633. The third-order valence-electron chi connectivity index (χ3n) is 2.03. The summed E-state index contributed by atoms with van der Waals surface area (Å²) in [7, 11) is 0. The number of terminal acetylenes is 1. The highest BCUT2D eigenvalue weighted by atomic mass is 79.9. The Balaban J connectivity index is 3.01. The number of rotatable bonds is 5. The predicted molar refractivity (Wildman–Crippen MR) is 66.6 cm³/mol. The van der Waals surface area contributed by atoms with Crippen LogP contribution in [-0.2, 0) is 6.54 Å². The van der Waals surface area contributed by atoms with E-state index in [2.05, 4.69) is 32.3 Å². The van der Waals surface area contributed by atoms with Crippen molar-refractivity contribution in [2.45, 2.75) is 12.6 Å². The van der Waals surface area contributed by atoms with Gasteiger partial charge in [0.2, 0.25) is 0 Å². The largest absolute Gasteiger partial charge is 0.394 e. The number of aliphatic hydroxyl groups is 2. The van der Waals surface area contributed by atoms with E-state index in [1.807, 2.05) is 0 Å². The molecular formula is C10H12BrN3O3. The number of halogens is 1. The highest BCUT2D eigenvalue weighted by Crippen LogP contribution is 2.16. The molecule has 6 nitrogen and oxygen atoms in total. The van der Waals surface area contributed by atoms with Crippen LogP contribution < -0.4 is 10.9 Å². The molecule has 0 aliphatic heterocycles. The molecule has 0 radical (unpaired) electrons. The normalized spacial score (nSPS) is 10.3. The highest BCUT2D eigenvalue weighted by Gasteiger charge is 2.12. The molecule has 0 aliphatic carbocycles. The van der Waals surface area contributed by atoms with Gasteiger partial charge in [-0.25, -0.2) is 4.68 Å². The van der Waals surface area contributed by atoms with Crippen molar-refractivity contribution in [1.82, 2.24) is 9.78 Å². The summed E-state index contributed by atoms with van der Waals surface area (Å²) in [5.74, 6) is 2.31. The van der Waals surface area contributed by atoms with Gasteiger partial charge >= 0.3 is 0 Å². The van der Waals surface area contributed by atoms with Crippen LogP contribution in [0.25, 0.3) is 0 Å². The SMILES string of the molecule is C#CCn1ncc(NC(CO)CO)c(Br)c1=O. The monoisotopic (exact) mass is 301 g/mol. The predicted octanol–water partition coefficient (Wildman–Crippen LogP) is -0.596. The van der Waals surface area contributed by atoms with Gasteiger partial charge in [0.05, 0.1) is 31.1 Å². The van der Waals surface area contributed by atoms with Crippen LogP contribution in [0.5, 0.6) is 0 Å². The second-order valence-electron chi connectivity index (χ2n) is 3.25. The van der Waals surface area contributed by atoms with Crippen molar-refractivity contribution in [1.29, 1.82) is 0 Å². The Labute approximate surface area is 106 Å². The third-order valence-corrected chi connectivity index (χ3v) is 2.79. The molecule has 7 heteroatoms. The van der Waals surface area contributed by atoms with Crippen LogP contribution in [0.1, 0.15) is 0 Å². The summed E-state index contributed by atoms with van der Waals surface area (Å²) < 4.78 is 1.39. The van der Waals surface area contributed by atoms with E-state index < -0.39 is 6.04 Å². The van der Waals surface area contributed by atoms with Crippen molar-refractivity contribution in [3.8, 4) is 12.3 Å². The third kappa shape index (κ3) is 3.30. The number of hydrogen-bond donors (Lipinski definition) is 3. The van der Waals surface area contributed by atoms with Crippen molar-refractivity contribution >= 4 is 21.6 Å². The van der Waals surface area contributed by atoms with E-state index >= 15 is 0 Å². The Morgan fingerprint density at radius 3 is 2.76 bits per heavy atom. The van der Waals surface area contributed by atoms with Gasteiger partial charge in [0, 0.05) is 0 Å². The first-order valence-corrected chi connectivity index (χ1v) is 5.60. The Kier molecular flexibility index (Phi) is 5.15. The van der Waals surface area contributed by atoms with Gasteiger partial charge in [-0.15, -0.1) is 6.42 Å². The van der Waals surface area contributed by atoms with E-state index in [1.165, 1.54) is 6.20 Å². The van der Waals surface area contributed by atoms with Gasteiger partial charge in [-0.3, -0.25) is 4.79 Å². The molecule has 0 bridgehead atoms. The second-order valence-corrected chi connectivity index (χ2v) is 4.04. The fourth-order valence-corrected chi connectivity index (χ4v) is 1.56. The van der Waals surface area contributed by atoms with E-state index in [1.54, 1.807) is 0 Å². The summed E-state index contributed by atoms with van der Waals surface area (Å²) in [6.07, 6.45) is 6.50. The van der Waals surface area contributed by atoms with Crippen LogP contribution in [-0.4, -0.2) is 39.2 Å². The number of aromatic nitrogens is 2. The maximum absolute atomic E-state index is 11.7. The minimum atomic E-state index is -0.545. The second kappa shape index (κ2) is 6.39. The minimum absolute atomic E-state index is 0.0845. The Morgan fingerprint density at radius 1 is 1.59 bits per heavy atom. The molecule has 0 saturated heterocycles. The first-order valence-electron chi connectivity index (χ1n) is 4.81. The molecule has 1 aromatic rings. The van der Waals surface area contributed by atoms with Crippen molar-refractivity contribution in [2.75, 3.05) is 18.5 Å². The zero-order chi connectivity index (χ0) is 12.8. The van der Waals surface area contributed by atoms with Crippen LogP contribution in [0.3, 0.4) is 0 Å². The molecule has 1 rings (SSSR count). The Morgan fingerprint density at radius 2 is 2.24 bits per heavy atom. The number of nitrogens with zero attached hydrogens (tertiary/aromatic N) is 2. The fourth-order valence-electron chi connectivity index (χ4n) is 1.13. The van der Waals surface area contributed by atoms with E-state index in [-0.39, 0.29) is 29.8 Å². The molecule has 1 aromatic heterocycles. The van der Waals surface area contributed by atoms with Gasteiger partial charge in [-0.2, -0.15) is 5.10 Å². The van der Waals surface area contributed by atoms with E-state index in [4.69, 9.17) is 16.6 Å². The average Bonchev–Trinajstić information content (AvgIpc) is 2.34. The van der Waals surface area contributed by atoms with Crippen LogP contribution in [0.2, 0.25) is 0 Å². The van der Waals surface area contributed by atoms with Gasteiger partial charge in [-0.05, 0) is 15.9 Å². The van der Waals surface area contributed by atoms with Gasteiger partial charge < -0.3 is 15.5 Å². The topological polar surface area (TPSA) is 87.4 Å². The summed E-state index contributed by atoms with van der Waals surface area (Å²) >= 11 is 3.12. The smallest absolute Gasteiger partial charge is 0.284 e. The number of aliphatic hydroxyl groups excluding tert-OH is 2. The zero-order valence-corrected chi connectivity index (χ0v) is 10.5. The summed E-state index contributed by atoms with van der Waals surface area (Å²) in [5, 5.41) is 24.5. The minimum Gasteiger partial charge on any atom is -0.394 e. The molecule has 0 aromatic carbocycles. The van der Waals surface area contributed by atoms with Crippen LogP contribution in [0.4, 0.5) is 5.69 Å². The van der Waals surface area contributed by atoms with Crippen molar-refractivity contribution in [2.24, 2.45) is 0 Å². The van der Waals surface area contributed by atoms with Gasteiger partial charge in [-0.1, -0.05) is 5.92 Å². The molecule has 0 unspecified atom stereocenters. The van der Waals surface area contributed by atoms with Gasteiger partial charge in [0.25, 0.3) is 5.56 Å². The van der Waals surface area contributed by atoms with Crippen LogP contribution >= 0.6 is 15.9 Å². The molecule has 0 atom stereocenters. The first-order chi connectivity index (χ1) is 8.13. The number of nitrogens with one attached hydrogen (secondary N) is 1. The molecule has 0 saturated carbocycles. The lowest BCUT2D eigenvalue weighted by atomic mass is 10.3. The van der Waals surface area contributed by atoms with E-state index in [0.29, 0.717) is 5.69 Å². The molecule has 1 heterocycles. The number of hydrogen-bond acceptors (Lipinski definition) is 5. The average molecular weight is 302 g/mol. The first kappa shape index (κ1) is 13.7.